The monoisotopic (exact) mass is 233 g/mol. The molecule has 90 valence electrons. The van der Waals surface area contributed by atoms with Crippen molar-refractivity contribution in [3.63, 3.8) is 0 Å². The number of nitrogens with one attached hydrogen (secondary N) is 2. The van der Waals surface area contributed by atoms with Gasteiger partial charge in [0, 0.05) is 25.2 Å². The number of likely N-dealkylation sites (tertiary alicyclic amines) is 1. The highest BCUT2D eigenvalue weighted by Crippen LogP contribution is 2.22. The highest BCUT2D eigenvalue weighted by molar-refractivity contribution is 5.85. The van der Waals surface area contributed by atoms with Crippen LogP contribution in [-0.2, 0) is 0 Å². The van der Waals surface area contributed by atoms with Crippen LogP contribution in [0.15, 0.2) is 0 Å². The molecule has 0 aromatic rings. The summed E-state index contributed by atoms with van der Waals surface area (Å²) in [7, 11) is 2.07. The number of nitrogens with zero attached hydrogens (tertiary/aromatic N) is 1. The summed E-state index contributed by atoms with van der Waals surface area (Å²) in [5.41, 5.74) is 0. The Kier molecular flexibility index (Phi) is 5.90. The molecule has 2 saturated heterocycles. The number of hydrogen-bond donors (Lipinski definition) is 2. The van der Waals surface area contributed by atoms with Crippen molar-refractivity contribution in [3.8, 4) is 0 Å². The van der Waals surface area contributed by atoms with E-state index in [1.54, 1.807) is 0 Å². The average Bonchev–Trinajstić information content (AvgIpc) is 2.68. The minimum atomic E-state index is 0. The summed E-state index contributed by atoms with van der Waals surface area (Å²) in [4.78, 5) is 2.72. The third kappa shape index (κ3) is 3.31. The lowest BCUT2D eigenvalue weighted by molar-refractivity contribution is 0.151. The standard InChI is InChI=1S/C11H23N3.ClH/c1-12-8-10-5-3-7-14(10)11-4-2-6-13-9-11;/h10-13H,2-9H2,1H3;1H. The van der Waals surface area contributed by atoms with Gasteiger partial charge in [-0.05, 0) is 45.8 Å². The molecule has 2 heterocycles. The lowest BCUT2D eigenvalue weighted by atomic mass is 10.0. The van der Waals surface area contributed by atoms with Gasteiger partial charge in [-0.15, -0.1) is 12.4 Å². The van der Waals surface area contributed by atoms with Crippen LogP contribution in [0.25, 0.3) is 0 Å². The number of hydrogen-bond acceptors (Lipinski definition) is 3. The van der Waals surface area contributed by atoms with Crippen LogP contribution < -0.4 is 10.6 Å². The molecule has 0 aromatic heterocycles. The lowest BCUT2D eigenvalue weighted by Gasteiger charge is -2.35. The van der Waals surface area contributed by atoms with Gasteiger partial charge in [-0.25, -0.2) is 0 Å². The Labute approximate surface area is 99.4 Å². The first-order valence-electron chi connectivity index (χ1n) is 6.03. The molecule has 0 spiro atoms. The fourth-order valence-corrected chi connectivity index (χ4v) is 2.91. The SMILES string of the molecule is CNCC1CCCN1C1CCCNC1.Cl. The van der Waals surface area contributed by atoms with Gasteiger partial charge >= 0.3 is 0 Å². The van der Waals surface area contributed by atoms with E-state index in [1.807, 2.05) is 0 Å². The first-order valence-corrected chi connectivity index (χ1v) is 6.03. The first-order chi connectivity index (χ1) is 6.92. The van der Waals surface area contributed by atoms with Crippen LogP contribution in [0.1, 0.15) is 25.7 Å². The summed E-state index contributed by atoms with van der Waals surface area (Å²) < 4.78 is 0. The molecular formula is C11H24ClN3. The maximum Gasteiger partial charge on any atom is 0.0224 e. The Hall–Kier alpha value is 0.170. The first kappa shape index (κ1) is 13.2. The Morgan fingerprint density at radius 3 is 2.87 bits per heavy atom. The molecule has 0 aliphatic carbocycles. The lowest BCUT2D eigenvalue weighted by Crippen LogP contribution is -2.50. The zero-order valence-electron chi connectivity index (χ0n) is 9.67. The van der Waals surface area contributed by atoms with E-state index in [9.17, 15) is 0 Å². The van der Waals surface area contributed by atoms with Crippen molar-refractivity contribution < 1.29 is 0 Å². The minimum Gasteiger partial charge on any atom is -0.318 e. The molecule has 2 rings (SSSR count). The molecule has 3 nitrogen and oxygen atoms in total. The molecule has 2 unspecified atom stereocenters. The third-order valence-corrected chi connectivity index (χ3v) is 3.60. The molecule has 15 heavy (non-hydrogen) atoms. The number of likely N-dealkylation sites (N-methyl/N-ethyl adjacent to an activating group) is 1. The Balaban J connectivity index is 0.00000112. The van der Waals surface area contributed by atoms with Crippen LogP contribution in [0.3, 0.4) is 0 Å². The van der Waals surface area contributed by atoms with Crippen molar-refractivity contribution in [2.45, 2.75) is 37.8 Å². The van der Waals surface area contributed by atoms with Crippen molar-refractivity contribution in [1.82, 2.24) is 15.5 Å². The topological polar surface area (TPSA) is 27.3 Å². The van der Waals surface area contributed by atoms with Gasteiger partial charge in [-0.1, -0.05) is 0 Å². The van der Waals surface area contributed by atoms with Crippen molar-refractivity contribution >= 4 is 12.4 Å². The minimum absolute atomic E-state index is 0. The van der Waals surface area contributed by atoms with Crippen molar-refractivity contribution in [3.05, 3.63) is 0 Å². The van der Waals surface area contributed by atoms with Gasteiger partial charge in [-0.2, -0.15) is 0 Å². The number of piperidine rings is 1. The molecule has 0 aromatic carbocycles. The maximum atomic E-state index is 3.51. The smallest absolute Gasteiger partial charge is 0.0224 e. The molecule has 2 aliphatic rings. The van der Waals surface area contributed by atoms with E-state index >= 15 is 0 Å². The fourth-order valence-electron chi connectivity index (χ4n) is 2.91. The molecule has 0 saturated carbocycles. The molecule has 2 atom stereocenters. The van der Waals surface area contributed by atoms with Crippen LogP contribution >= 0.6 is 12.4 Å². The van der Waals surface area contributed by atoms with E-state index in [-0.39, 0.29) is 12.4 Å². The molecule has 0 amide bonds. The zero-order chi connectivity index (χ0) is 9.80. The quantitative estimate of drug-likeness (QED) is 0.757. The van der Waals surface area contributed by atoms with Crippen LogP contribution in [0.5, 0.6) is 0 Å². The summed E-state index contributed by atoms with van der Waals surface area (Å²) in [6, 6.07) is 1.61. The molecule has 2 aliphatic heterocycles. The van der Waals surface area contributed by atoms with E-state index in [0.717, 1.165) is 18.6 Å². The summed E-state index contributed by atoms with van der Waals surface area (Å²) in [5.74, 6) is 0. The highest BCUT2D eigenvalue weighted by atomic mass is 35.5. The van der Waals surface area contributed by atoms with Crippen LogP contribution in [0.4, 0.5) is 0 Å². The van der Waals surface area contributed by atoms with E-state index in [4.69, 9.17) is 0 Å². The molecule has 2 fully saturated rings. The van der Waals surface area contributed by atoms with Crippen molar-refractivity contribution in [1.29, 1.82) is 0 Å². The summed E-state index contributed by atoms with van der Waals surface area (Å²) >= 11 is 0. The third-order valence-electron chi connectivity index (χ3n) is 3.60. The molecule has 4 heteroatoms. The van der Waals surface area contributed by atoms with Gasteiger partial charge in [0.1, 0.15) is 0 Å². The number of rotatable bonds is 3. The summed E-state index contributed by atoms with van der Waals surface area (Å²) in [6.45, 7) is 4.91. The molecule has 0 bridgehead atoms. The Bertz CT molecular complexity index is 171. The second kappa shape index (κ2) is 6.69. The van der Waals surface area contributed by atoms with Crippen LogP contribution in [0.2, 0.25) is 0 Å². The summed E-state index contributed by atoms with van der Waals surface area (Å²) in [6.07, 6.45) is 5.53. The summed E-state index contributed by atoms with van der Waals surface area (Å²) in [5, 5.41) is 6.83. The van der Waals surface area contributed by atoms with Gasteiger partial charge in [0.15, 0.2) is 0 Å². The zero-order valence-corrected chi connectivity index (χ0v) is 10.5. The van der Waals surface area contributed by atoms with Crippen LogP contribution in [0, 0.1) is 0 Å². The van der Waals surface area contributed by atoms with E-state index in [2.05, 4.69) is 22.6 Å². The van der Waals surface area contributed by atoms with Gasteiger partial charge in [-0.3, -0.25) is 4.90 Å². The van der Waals surface area contributed by atoms with Gasteiger partial charge in [0.2, 0.25) is 0 Å². The van der Waals surface area contributed by atoms with Gasteiger partial charge < -0.3 is 10.6 Å². The number of halogens is 1. The largest absolute Gasteiger partial charge is 0.318 e. The maximum absolute atomic E-state index is 3.51. The Morgan fingerprint density at radius 2 is 2.20 bits per heavy atom. The molecule has 0 radical (unpaired) electrons. The highest BCUT2D eigenvalue weighted by Gasteiger charge is 2.30. The van der Waals surface area contributed by atoms with E-state index < -0.39 is 0 Å². The fraction of sp³-hybridized carbons (Fsp3) is 1.00. The normalized spacial score (nSPS) is 32.6. The van der Waals surface area contributed by atoms with Gasteiger partial charge in [0.05, 0.1) is 0 Å². The van der Waals surface area contributed by atoms with Crippen molar-refractivity contribution in [2.75, 3.05) is 33.2 Å². The second-order valence-electron chi connectivity index (χ2n) is 4.59. The van der Waals surface area contributed by atoms with E-state index in [0.29, 0.717) is 0 Å². The predicted molar refractivity (Wildman–Crippen MR) is 66.8 cm³/mol. The molecule has 2 N–H and O–H groups in total. The predicted octanol–water partition coefficient (Wildman–Crippen LogP) is 0.844. The van der Waals surface area contributed by atoms with Gasteiger partial charge in [0.25, 0.3) is 0 Å². The van der Waals surface area contributed by atoms with Crippen LogP contribution in [-0.4, -0.2) is 50.2 Å². The second-order valence-corrected chi connectivity index (χ2v) is 4.59. The average molecular weight is 234 g/mol. The molecular weight excluding hydrogens is 210 g/mol. The Morgan fingerprint density at radius 1 is 1.33 bits per heavy atom. The van der Waals surface area contributed by atoms with E-state index in [1.165, 1.54) is 45.3 Å². The van der Waals surface area contributed by atoms with Crippen molar-refractivity contribution in [2.24, 2.45) is 0 Å².